The fraction of sp³-hybridized carbons (Fsp3) is 0.571. The monoisotopic (exact) mass is 237 g/mol. The van der Waals surface area contributed by atoms with Crippen LogP contribution in [0.2, 0.25) is 0 Å². The van der Waals surface area contributed by atoms with Gasteiger partial charge in [-0.15, -0.1) is 0 Å². The summed E-state index contributed by atoms with van der Waals surface area (Å²) in [5.74, 6) is 1.25. The van der Waals surface area contributed by atoms with Gasteiger partial charge in [0.2, 0.25) is 0 Å². The van der Waals surface area contributed by atoms with Crippen molar-refractivity contribution in [1.29, 1.82) is 0 Å². The summed E-state index contributed by atoms with van der Waals surface area (Å²) in [6.45, 7) is 2.17. The third kappa shape index (κ3) is 2.78. The van der Waals surface area contributed by atoms with Crippen LogP contribution >= 0.6 is 0 Å². The molecule has 2 atom stereocenters. The summed E-state index contributed by atoms with van der Waals surface area (Å²) in [4.78, 5) is 0. The zero-order valence-electron chi connectivity index (χ0n) is 10.4. The van der Waals surface area contributed by atoms with Crippen LogP contribution in [-0.4, -0.2) is 13.2 Å². The van der Waals surface area contributed by atoms with Gasteiger partial charge >= 0.3 is 0 Å². The van der Waals surface area contributed by atoms with Crippen molar-refractivity contribution >= 4 is 0 Å². The summed E-state index contributed by atoms with van der Waals surface area (Å²) in [7, 11) is 1.48. The Kier molecular flexibility index (Phi) is 3.67. The Bertz CT molecular complexity index is 390. The first kappa shape index (κ1) is 12.4. The molecule has 0 heterocycles. The normalized spacial score (nSPS) is 18.8. The lowest BCUT2D eigenvalue weighted by molar-refractivity contribution is 0.375. The zero-order chi connectivity index (χ0) is 12.4. The first-order chi connectivity index (χ1) is 8.13. The smallest absolute Gasteiger partial charge is 0.168 e. The number of rotatable bonds is 5. The Morgan fingerprint density at radius 1 is 1.47 bits per heavy atom. The van der Waals surface area contributed by atoms with Crippen molar-refractivity contribution in [2.24, 2.45) is 17.6 Å². The molecule has 94 valence electrons. The van der Waals surface area contributed by atoms with Gasteiger partial charge in [0.1, 0.15) is 0 Å². The highest BCUT2D eigenvalue weighted by Gasteiger charge is 2.32. The maximum Gasteiger partial charge on any atom is 0.168 e. The number of ether oxygens (including phenoxy) is 1. The van der Waals surface area contributed by atoms with E-state index < -0.39 is 0 Å². The van der Waals surface area contributed by atoms with Crippen LogP contribution in [0.3, 0.4) is 0 Å². The molecule has 0 radical (unpaired) electrons. The van der Waals surface area contributed by atoms with Crippen LogP contribution in [0.25, 0.3) is 0 Å². The van der Waals surface area contributed by atoms with Crippen LogP contribution in [0.5, 0.6) is 5.75 Å². The number of benzene rings is 1. The summed E-state index contributed by atoms with van der Waals surface area (Å²) in [5.41, 5.74) is 6.80. The fourth-order valence-corrected chi connectivity index (χ4v) is 2.28. The molecule has 0 spiro atoms. The van der Waals surface area contributed by atoms with Crippen LogP contribution in [0.4, 0.5) is 4.39 Å². The summed E-state index contributed by atoms with van der Waals surface area (Å²) in [6, 6.07) is 5.27. The standard InChI is InChI=1S/C14H20FNO/c1-9(10-6-7-10)12(16)8-11-4-3-5-13(17-2)14(11)15/h3-5,9-10,12H,6-8,16H2,1-2H3. The molecule has 3 heteroatoms. The molecule has 0 saturated heterocycles. The van der Waals surface area contributed by atoms with E-state index in [4.69, 9.17) is 10.5 Å². The van der Waals surface area contributed by atoms with Gasteiger partial charge in [0.05, 0.1) is 7.11 Å². The lowest BCUT2D eigenvalue weighted by Gasteiger charge is -2.20. The minimum absolute atomic E-state index is 0.0316. The van der Waals surface area contributed by atoms with Crippen molar-refractivity contribution in [3.8, 4) is 5.75 Å². The zero-order valence-corrected chi connectivity index (χ0v) is 10.4. The van der Waals surface area contributed by atoms with E-state index in [-0.39, 0.29) is 11.9 Å². The number of hydrogen-bond donors (Lipinski definition) is 1. The summed E-state index contributed by atoms with van der Waals surface area (Å²) in [5, 5.41) is 0. The van der Waals surface area contributed by atoms with Crippen LogP contribution in [0.15, 0.2) is 18.2 Å². The Labute approximate surface area is 102 Å². The molecule has 1 aromatic carbocycles. The Hall–Kier alpha value is -1.09. The van der Waals surface area contributed by atoms with Crippen molar-refractivity contribution in [1.82, 2.24) is 0 Å². The van der Waals surface area contributed by atoms with Gasteiger partial charge in [0, 0.05) is 6.04 Å². The molecule has 17 heavy (non-hydrogen) atoms. The Morgan fingerprint density at radius 2 is 2.18 bits per heavy atom. The molecule has 1 aromatic rings. The van der Waals surface area contributed by atoms with E-state index >= 15 is 0 Å². The lowest BCUT2D eigenvalue weighted by atomic mass is 9.92. The molecule has 0 amide bonds. The largest absolute Gasteiger partial charge is 0.494 e. The van der Waals surface area contributed by atoms with Crippen molar-refractivity contribution < 1.29 is 9.13 Å². The third-order valence-corrected chi connectivity index (χ3v) is 3.76. The molecule has 2 rings (SSSR count). The molecule has 1 aliphatic rings. The predicted octanol–water partition coefficient (Wildman–Crippen LogP) is 2.75. The minimum atomic E-state index is -0.270. The molecule has 0 bridgehead atoms. The molecule has 0 aliphatic heterocycles. The molecule has 1 saturated carbocycles. The Morgan fingerprint density at radius 3 is 2.76 bits per heavy atom. The predicted molar refractivity (Wildman–Crippen MR) is 66.5 cm³/mol. The first-order valence-corrected chi connectivity index (χ1v) is 6.20. The Balaban J connectivity index is 2.07. The van der Waals surface area contributed by atoms with Gasteiger partial charge in [0.25, 0.3) is 0 Å². The third-order valence-electron chi connectivity index (χ3n) is 3.76. The maximum absolute atomic E-state index is 13.9. The highest BCUT2D eigenvalue weighted by molar-refractivity contribution is 5.31. The van der Waals surface area contributed by atoms with E-state index in [2.05, 4.69) is 6.92 Å². The minimum Gasteiger partial charge on any atom is -0.494 e. The van der Waals surface area contributed by atoms with E-state index in [0.717, 1.165) is 5.92 Å². The van der Waals surface area contributed by atoms with Gasteiger partial charge < -0.3 is 10.5 Å². The second kappa shape index (κ2) is 5.05. The number of halogens is 1. The van der Waals surface area contributed by atoms with Gasteiger partial charge in [-0.1, -0.05) is 19.1 Å². The second-order valence-corrected chi connectivity index (χ2v) is 5.00. The molecule has 2 N–H and O–H groups in total. The number of nitrogens with two attached hydrogens (primary N) is 1. The summed E-state index contributed by atoms with van der Waals surface area (Å²) >= 11 is 0. The SMILES string of the molecule is COc1cccc(CC(N)C(C)C2CC2)c1F. The molecule has 1 aliphatic carbocycles. The quantitative estimate of drug-likeness (QED) is 0.854. The van der Waals surface area contributed by atoms with E-state index in [1.807, 2.05) is 6.07 Å². The molecular weight excluding hydrogens is 217 g/mol. The summed E-state index contributed by atoms with van der Waals surface area (Å²) < 4.78 is 18.9. The highest BCUT2D eigenvalue weighted by atomic mass is 19.1. The van der Waals surface area contributed by atoms with Gasteiger partial charge in [-0.25, -0.2) is 4.39 Å². The molecule has 2 nitrogen and oxygen atoms in total. The molecule has 0 aromatic heterocycles. The van der Waals surface area contributed by atoms with Crippen LogP contribution in [0, 0.1) is 17.7 Å². The van der Waals surface area contributed by atoms with E-state index in [9.17, 15) is 4.39 Å². The maximum atomic E-state index is 13.9. The topological polar surface area (TPSA) is 35.2 Å². The average molecular weight is 237 g/mol. The van der Waals surface area contributed by atoms with E-state index in [1.165, 1.54) is 20.0 Å². The van der Waals surface area contributed by atoms with Gasteiger partial charge in [-0.3, -0.25) is 0 Å². The average Bonchev–Trinajstić information content (AvgIpc) is 3.15. The van der Waals surface area contributed by atoms with Crippen LogP contribution < -0.4 is 10.5 Å². The first-order valence-electron chi connectivity index (χ1n) is 6.20. The van der Waals surface area contributed by atoms with Gasteiger partial charge in [-0.2, -0.15) is 0 Å². The number of hydrogen-bond acceptors (Lipinski definition) is 2. The van der Waals surface area contributed by atoms with Crippen molar-refractivity contribution in [3.05, 3.63) is 29.6 Å². The van der Waals surface area contributed by atoms with E-state index in [1.54, 1.807) is 12.1 Å². The van der Waals surface area contributed by atoms with Crippen molar-refractivity contribution in [3.63, 3.8) is 0 Å². The van der Waals surface area contributed by atoms with E-state index in [0.29, 0.717) is 23.7 Å². The van der Waals surface area contributed by atoms with Gasteiger partial charge in [0.15, 0.2) is 11.6 Å². The fourth-order valence-electron chi connectivity index (χ4n) is 2.28. The molecule has 2 unspecified atom stereocenters. The molecule has 1 fully saturated rings. The highest BCUT2D eigenvalue weighted by Crippen LogP contribution is 2.38. The second-order valence-electron chi connectivity index (χ2n) is 5.00. The molecular formula is C14H20FNO. The lowest BCUT2D eigenvalue weighted by Crippen LogP contribution is -2.32. The van der Waals surface area contributed by atoms with Crippen LogP contribution in [0.1, 0.15) is 25.3 Å². The number of methoxy groups -OCH3 is 1. The van der Waals surface area contributed by atoms with Crippen molar-refractivity contribution in [2.45, 2.75) is 32.2 Å². The van der Waals surface area contributed by atoms with Crippen LogP contribution in [-0.2, 0) is 6.42 Å². The summed E-state index contributed by atoms with van der Waals surface area (Å²) in [6.07, 6.45) is 3.13. The van der Waals surface area contributed by atoms with Gasteiger partial charge in [-0.05, 0) is 42.7 Å². The van der Waals surface area contributed by atoms with Crippen molar-refractivity contribution in [2.75, 3.05) is 7.11 Å².